The van der Waals surface area contributed by atoms with Crippen LogP contribution in [0, 0.1) is 11.8 Å². The Kier molecular flexibility index (Phi) is 5.14. The van der Waals surface area contributed by atoms with Gasteiger partial charge in [0, 0.05) is 32.1 Å². The first-order chi connectivity index (χ1) is 9.34. The van der Waals surface area contributed by atoms with E-state index in [0.717, 1.165) is 18.3 Å². The summed E-state index contributed by atoms with van der Waals surface area (Å²) in [6.07, 6.45) is 6.20. The summed E-state index contributed by atoms with van der Waals surface area (Å²) in [7, 11) is -3.06. The number of rotatable bonds is 4. The molecule has 1 N–H and O–H groups in total. The lowest BCUT2D eigenvalue weighted by Gasteiger charge is -2.39. The molecule has 0 bridgehead atoms. The fourth-order valence-electron chi connectivity index (χ4n) is 3.49. The van der Waals surface area contributed by atoms with Crippen LogP contribution in [0.4, 0.5) is 0 Å². The summed E-state index contributed by atoms with van der Waals surface area (Å²) in [5.74, 6) is 1.52. The van der Waals surface area contributed by atoms with Crippen LogP contribution in [-0.4, -0.2) is 45.2 Å². The first-order valence-electron chi connectivity index (χ1n) is 7.85. The van der Waals surface area contributed by atoms with Crippen molar-refractivity contribution in [2.24, 2.45) is 11.8 Å². The highest BCUT2D eigenvalue weighted by Gasteiger charge is 2.42. The summed E-state index contributed by atoms with van der Waals surface area (Å²) in [5.41, 5.74) is 0. The van der Waals surface area contributed by atoms with Gasteiger partial charge in [0.05, 0.1) is 4.75 Å². The molecule has 4 nitrogen and oxygen atoms in total. The van der Waals surface area contributed by atoms with Crippen LogP contribution >= 0.6 is 0 Å². The highest BCUT2D eigenvalue weighted by atomic mass is 32.2. The monoisotopic (exact) mass is 303 g/mol. The molecule has 1 aliphatic carbocycles. The van der Waals surface area contributed by atoms with E-state index in [-0.39, 0.29) is 0 Å². The zero-order valence-corrected chi connectivity index (χ0v) is 13.8. The van der Waals surface area contributed by atoms with Crippen molar-refractivity contribution in [2.45, 2.75) is 56.7 Å². The Morgan fingerprint density at radius 1 is 1.15 bits per heavy atom. The van der Waals surface area contributed by atoms with E-state index in [2.05, 4.69) is 19.2 Å². The third-order valence-corrected chi connectivity index (χ3v) is 7.63. The molecule has 0 radical (unpaired) electrons. The van der Waals surface area contributed by atoms with Crippen molar-refractivity contribution in [1.82, 2.24) is 5.32 Å². The van der Waals surface area contributed by atoms with Gasteiger partial charge < -0.3 is 10.1 Å². The molecule has 0 aromatic rings. The zero-order valence-electron chi connectivity index (χ0n) is 13.0. The molecule has 1 saturated carbocycles. The predicted molar refractivity (Wildman–Crippen MR) is 81.6 cm³/mol. The molecule has 1 heterocycles. The topological polar surface area (TPSA) is 55.4 Å². The number of nitrogens with one attached hydrogen (secondary N) is 1. The van der Waals surface area contributed by atoms with E-state index in [1.54, 1.807) is 0 Å². The SMILES string of the molecule is C[C@@H]1CC[C@@H](NCC2(S(C)(=O)=O)CCOCC2)C[C@@H]1C. The van der Waals surface area contributed by atoms with E-state index in [4.69, 9.17) is 4.74 Å². The summed E-state index contributed by atoms with van der Waals surface area (Å²) >= 11 is 0. The second-order valence-electron chi connectivity index (χ2n) is 6.91. The second kappa shape index (κ2) is 6.32. The standard InChI is InChI=1S/C15H29NO3S/c1-12-4-5-14(10-13(12)2)16-11-15(20(3,17)18)6-8-19-9-7-15/h12-14,16H,4-11H2,1-3H3/t12-,13+,14-/m1/s1. The maximum atomic E-state index is 12.2. The van der Waals surface area contributed by atoms with E-state index >= 15 is 0 Å². The van der Waals surface area contributed by atoms with E-state index in [1.165, 1.54) is 19.1 Å². The summed E-state index contributed by atoms with van der Waals surface area (Å²) < 4.78 is 29.1. The van der Waals surface area contributed by atoms with Crippen LogP contribution < -0.4 is 5.32 Å². The van der Waals surface area contributed by atoms with Gasteiger partial charge in [-0.15, -0.1) is 0 Å². The van der Waals surface area contributed by atoms with Crippen molar-refractivity contribution in [3.05, 3.63) is 0 Å². The molecule has 20 heavy (non-hydrogen) atoms. The molecule has 0 unspecified atom stereocenters. The van der Waals surface area contributed by atoms with Crippen molar-refractivity contribution in [3.63, 3.8) is 0 Å². The second-order valence-corrected chi connectivity index (χ2v) is 9.32. The third-order valence-electron chi connectivity index (χ3n) is 5.50. The first kappa shape index (κ1) is 16.2. The average molecular weight is 303 g/mol. The van der Waals surface area contributed by atoms with E-state index in [0.29, 0.717) is 38.6 Å². The molecule has 1 aliphatic heterocycles. The van der Waals surface area contributed by atoms with Crippen molar-refractivity contribution < 1.29 is 13.2 Å². The van der Waals surface area contributed by atoms with Crippen molar-refractivity contribution >= 4 is 9.84 Å². The van der Waals surface area contributed by atoms with Gasteiger partial charge in [-0.1, -0.05) is 13.8 Å². The zero-order chi connectivity index (χ0) is 14.8. The highest BCUT2D eigenvalue weighted by molar-refractivity contribution is 7.92. The van der Waals surface area contributed by atoms with Gasteiger partial charge in [0.25, 0.3) is 0 Å². The van der Waals surface area contributed by atoms with E-state index < -0.39 is 14.6 Å². The predicted octanol–water partition coefficient (Wildman–Crippen LogP) is 1.99. The largest absolute Gasteiger partial charge is 0.381 e. The quantitative estimate of drug-likeness (QED) is 0.863. The number of hydrogen-bond acceptors (Lipinski definition) is 4. The van der Waals surface area contributed by atoms with Crippen LogP contribution in [0.1, 0.15) is 46.0 Å². The highest BCUT2D eigenvalue weighted by Crippen LogP contribution is 2.32. The summed E-state index contributed by atoms with van der Waals surface area (Å²) in [6, 6.07) is 0.475. The molecule has 3 atom stereocenters. The molecule has 1 saturated heterocycles. The maximum Gasteiger partial charge on any atom is 0.154 e. The fourth-order valence-corrected chi connectivity index (χ4v) is 4.74. The Bertz CT molecular complexity index is 415. The normalized spacial score (nSPS) is 34.9. The van der Waals surface area contributed by atoms with E-state index in [1.807, 2.05) is 0 Å². The summed E-state index contributed by atoms with van der Waals surface area (Å²) in [4.78, 5) is 0. The molecule has 0 aromatic heterocycles. The first-order valence-corrected chi connectivity index (χ1v) is 9.74. The molecule has 5 heteroatoms. The van der Waals surface area contributed by atoms with Gasteiger partial charge in [0.1, 0.15) is 0 Å². The molecular weight excluding hydrogens is 274 g/mol. The fraction of sp³-hybridized carbons (Fsp3) is 1.00. The average Bonchev–Trinajstić information content (AvgIpc) is 2.40. The van der Waals surface area contributed by atoms with Gasteiger partial charge in [0.2, 0.25) is 0 Å². The Labute approximate surface area is 123 Å². The van der Waals surface area contributed by atoms with Gasteiger partial charge in [-0.3, -0.25) is 0 Å². The molecule has 0 spiro atoms. The minimum Gasteiger partial charge on any atom is -0.381 e. The van der Waals surface area contributed by atoms with Gasteiger partial charge in [0.15, 0.2) is 9.84 Å². The number of ether oxygens (including phenoxy) is 1. The summed E-state index contributed by atoms with van der Waals surface area (Å²) in [5, 5.41) is 3.55. The van der Waals surface area contributed by atoms with Crippen LogP contribution in [0.2, 0.25) is 0 Å². The van der Waals surface area contributed by atoms with Crippen molar-refractivity contribution in [2.75, 3.05) is 26.0 Å². The van der Waals surface area contributed by atoms with Gasteiger partial charge >= 0.3 is 0 Å². The smallest absolute Gasteiger partial charge is 0.154 e. The Balaban J connectivity index is 1.96. The third kappa shape index (κ3) is 3.55. The lowest BCUT2D eigenvalue weighted by Crippen LogP contribution is -2.53. The molecule has 2 rings (SSSR count). The molecule has 2 fully saturated rings. The lowest BCUT2D eigenvalue weighted by molar-refractivity contribution is 0.0726. The minimum atomic E-state index is -3.06. The minimum absolute atomic E-state index is 0.475. The molecule has 0 aromatic carbocycles. The molecule has 2 aliphatic rings. The van der Waals surface area contributed by atoms with Crippen molar-refractivity contribution in [3.8, 4) is 0 Å². The van der Waals surface area contributed by atoms with Crippen LogP contribution in [0.25, 0.3) is 0 Å². The van der Waals surface area contributed by atoms with Gasteiger partial charge in [-0.25, -0.2) is 8.42 Å². The lowest BCUT2D eigenvalue weighted by atomic mass is 9.79. The Morgan fingerprint density at radius 2 is 1.80 bits per heavy atom. The molecule has 118 valence electrons. The number of sulfone groups is 1. The van der Waals surface area contributed by atoms with Crippen LogP contribution in [0.15, 0.2) is 0 Å². The Morgan fingerprint density at radius 3 is 2.35 bits per heavy atom. The van der Waals surface area contributed by atoms with E-state index in [9.17, 15) is 8.42 Å². The molecule has 0 amide bonds. The van der Waals surface area contributed by atoms with Crippen molar-refractivity contribution in [1.29, 1.82) is 0 Å². The van der Waals surface area contributed by atoms with Crippen LogP contribution in [0.5, 0.6) is 0 Å². The summed E-state index contributed by atoms with van der Waals surface area (Å²) in [6.45, 7) is 6.33. The van der Waals surface area contributed by atoms with Crippen LogP contribution in [0.3, 0.4) is 0 Å². The molecular formula is C15H29NO3S. The van der Waals surface area contributed by atoms with Crippen LogP contribution in [-0.2, 0) is 14.6 Å². The maximum absolute atomic E-state index is 12.2. The Hall–Kier alpha value is -0.130. The van der Waals surface area contributed by atoms with Gasteiger partial charge in [-0.2, -0.15) is 0 Å². The number of hydrogen-bond donors (Lipinski definition) is 1. The van der Waals surface area contributed by atoms with Gasteiger partial charge in [-0.05, 0) is 43.9 Å².